The van der Waals surface area contributed by atoms with Crippen LogP contribution in [0.5, 0.6) is 5.75 Å². The van der Waals surface area contributed by atoms with Crippen molar-refractivity contribution in [2.24, 2.45) is 5.92 Å². The van der Waals surface area contributed by atoms with Gasteiger partial charge < -0.3 is 20.1 Å². The molecule has 198 valence electrons. The van der Waals surface area contributed by atoms with E-state index in [1.807, 2.05) is 80.5 Å². The van der Waals surface area contributed by atoms with Gasteiger partial charge in [-0.2, -0.15) is 0 Å². The fraction of sp³-hybridized carbons (Fsp3) is 0.517. The van der Waals surface area contributed by atoms with Crippen molar-refractivity contribution in [1.29, 1.82) is 0 Å². The molecular formula is C29H43N3O4. The summed E-state index contributed by atoms with van der Waals surface area (Å²) >= 11 is 0. The molecule has 7 nitrogen and oxygen atoms in total. The van der Waals surface area contributed by atoms with Crippen LogP contribution in [0.4, 0.5) is 0 Å². The number of carbonyl (C=O) groups is 2. The normalized spacial score (nSPS) is 13.8. The summed E-state index contributed by atoms with van der Waals surface area (Å²) in [6, 6.07) is 16.5. The third-order valence-corrected chi connectivity index (χ3v) is 6.07. The Bertz CT molecular complexity index is 916. The van der Waals surface area contributed by atoms with Gasteiger partial charge in [-0.1, -0.05) is 63.2 Å². The van der Waals surface area contributed by atoms with Gasteiger partial charge in [-0.25, -0.2) is 0 Å². The number of nitrogens with zero attached hydrogens (tertiary/aromatic N) is 1. The molecule has 2 rings (SSSR count). The summed E-state index contributed by atoms with van der Waals surface area (Å²) in [4.78, 5) is 28.4. The lowest BCUT2D eigenvalue weighted by Crippen LogP contribution is -2.55. The van der Waals surface area contributed by atoms with E-state index in [-0.39, 0.29) is 23.9 Å². The minimum atomic E-state index is -0.700. The van der Waals surface area contributed by atoms with Crippen molar-refractivity contribution >= 4 is 11.8 Å². The molecule has 0 radical (unpaired) electrons. The van der Waals surface area contributed by atoms with Gasteiger partial charge in [0.25, 0.3) is 0 Å². The van der Waals surface area contributed by atoms with Gasteiger partial charge in [0.15, 0.2) is 0 Å². The monoisotopic (exact) mass is 497 g/mol. The first-order valence-electron chi connectivity index (χ1n) is 12.7. The van der Waals surface area contributed by atoms with Crippen LogP contribution in [0.1, 0.15) is 44.7 Å². The zero-order valence-electron chi connectivity index (χ0n) is 22.6. The van der Waals surface area contributed by atoms with E-state index >= 15 is 0 Å². The van der Waals surface area contributed by atoms with Crippen LogP contribution in [-0.2, 0) is 27.4 Å². The highest BCUT2D eigenvalue weighted by Gasteiger charge is 2.28. The van der Waals surface area contributed by atoms with Crippen LogP contribution in [0, 0.1) is 5.92 Å². The van der Waals surface area contributed by atoms with E-state index in [0.29, 0.717) is 32.0 Å². The van der Waals surface area contributed by atoms with Crippen LogP contribution in [0.25, 0.3) is 0 Å². The van der Waals surface area contributed by atoms with Crippen LogP contribution in [-0.4, -0.2) is 62.7 Å². The van der Waals surface area contributed by atoms with Crippen LogP contribution in [0.3, 0.4) is 0 Å². The highest BCUT2D eigenvalue weighted by molar-refractivity contribution is 5.90. The quantitative estimate of drug-likeness (QED) is 0.391. The fourth-order valence-electron chi connectivity index (χ4n) is 3.94. The van der Waals surface area contributed by atoms with Gasteiger partial charge in [0.05, 0.1) is 18.7 Å². The average Bonchev–Trinajstić information content (AvgIpc) is 2.86. The predicted molar refractivity (Wildman–Crippen MR) is 144 cm³/mol. The van der Waals surface area contributed by atoms with Gasteiger partial charge in [0, 0.05) is 13.5 Å². The number of benzene rings is 2. The van der Waals surface area contributed by atoms with Gasteiger partial charge in [-0.15, -0.1) is 0 Å². The van der Waals surface area contributed by atoms with Crippen molar-refractivity contribution < 1.29 is 19.1 Å². The topological polar surface area (TPSA) is 79.9 Å². The van der Waals surface area contributed by atoms with Gasteiger partial charge in [-0.3, -0.25) is 14.5 Å². The molecule has 0 saturated carbocycles. The number of carbonyl (C=O) groups excluding carboxylic acids is 2. The maximum absolute atomic E-state index is 13.2. The summed E-state index contributed by atoms with van der Waals surface area (Å²) in [6.45, 7) is 7.08. The number of hydrogen-bond donors (Lipinski definition) is 2. The molecule has 1 unspecified atom stereocenters. The number of nitrogens with one attached hydrogen (secondary N) is 2. The number of amides is 2. The zero-order chi connectivity index (χ0) is 26.5. The van der Waals surface area contributed by atoms with Crippen LogP contribution >= 0.6 is 0 Å². The lowest BCUT2D eigenvalue weighted by atomic mass is 10.00. The Morgan fingerprint density at radius 2 is 1.58 bits per heavy atom. The van der Waals surface area contributed by atoms with Crippen LogP contribution < -0.4 is 15.4 Å². The largest absolute Gasteiger partial charge is 0.489 e. The molecule has 0 aromatic heterocycles. The molecule has 0 aliphatic rings. The van der Waals surface area contributed by atoms with E-state index in [2.05, 4.69) is 24.5 Å². The third kappa shape index (κ3) is 9.99. The van der Waals surface area contributed by atoms with E-state index in [1.54, 1.807) is 7.11 Å². The van der Waals surface area contributed by atoms with Crippen molar-refractivity contribution in [3.63, 3.8) is 0 Å². The molecule has 2 aromatic carbocycles. The number of likely N-dealkylation sites (N-methyl/N-ethyl adjacent to an activating group) is 1. The molecule has 2 amide bonds. The van der Waals surface area contributed by atoms with E-state index in [1.165, 1.54) is 0 Å². The van der Waals surface area contributed by atoms with Crippen molar-refractivity contribution in [2.75, 3.05) is 27.8 Å². The molecule has 0 aliphatic carbocycles. The minimum Gasteiger partial charge on any atom is -0.489 e. The molecule has 36 heavy (non-hydrogen) atoms. The highest BCUT2D eigenvalue weighted by Crippen LogP contribution is 2.16. The van der Waals surface area contributed by atoms with Crippen molar-refractivity contribution in [1.82, 2.24) is 15.5 Å². The minimum absolute atomic E-state index is 0.115. The molecule has 0 spiro atoms. The van der Waals surface area contributed by atoms with Crippen molar-refractivity contribution in [3.8, 4) is 5.75 Å². The molecule has 0 heterocycles. The lowest BCUT2D eigenvalue weighted by molar-refractivity contribution is -0.132. The molecule has 0 bridgehead atoms. The summed E-state index contributed by atoms with van der Waals surface area (Å²) in [7, 11) is 5.40. The average molecular weight is 498 g/mol. The maximum atomic E-state index is 13.2. The van der Waals surface area contributed by atoms with Crippen LogP contribution in [0.15, 0.2) is 54.6 Å². The molecule has 3 atom stereocenters. The second-order valence-corrected chi connectivity index (χ2v) is 9.86. The second kappa shape index (κ2) is 15.3. The highest BCUT2D eigenvalue weighted by atomic mass is 16.5. The van der Waals surface area contributed by atoms with Crippen LogP contribution in [0.2, 0.25) is 0 Å². The smallest absolute Gasteiger partial charge is 0.243 e. The third-order valence-electron chi connectivity index (χ3n) is 6.07. The van der Waals surface area contributed by atoms with E-state index in [9.17, 15) is 9.59 Å². The SMILES string of the molecule is CCC(COC)NC(=O)[C@H](Cc1ccc(OCc2ccccc2)cc1)NC(=O)[C@H](CC(C)C)N(C)C. The first-order chi connectivity index (χ1) is 17.2. The summed E-state index contributed by atoms with van der Waals surface area (Å²) < 4.78 is 11.1. The Labute approximate surface area is 216 Å². The van der Waals surface area contributed by atoms with Gasteiger partial charge in [0.1, 0.15) is 18.4 Å². The molecular weight excluding hydrogens is 454 g/mol. The van der Waals surface area contributed by atoms with E-state index in [0.717, 1.165) is 23.3 Å². The molecule has 2 N–H and O–H groups in total. The lowest BCUT2D eigenvalue weighted by Gasteiger charge is -2.28. The summed E-state index contributed by atoms with van der Waals surface area (Å²) in [5.74, 6) is 0.753. The Balaban J connectivity index is 2.13. The number of ether oxygens (including phenoxy) is 2. The van der Waals surface area contributed by atoms with Gasteiger partial charge >= 0.3 is 0 Å². The van der Waals surface area contributed by atoms with Gasteiger partial charge in [-0.05, 0) is 56.1 Å². The Morgan fingerprint density at radius 3 is 2.14 bits per heavy atom. The maximum Gasteiger partial charge on any atom is 0.243 e. The molecule has 7 heteroatoms. The number of rotatable bonds is 15. The standard InChI is InChI=1S/C29H43N3O4/c1-7-24(20-35-6)30-28(33)26(31-29(34)27(32(4)5)17-21(2)3)18-22-13-15-25(16-14-22)36-19-23-11-9-8-10-12-23/h8-16,21,24,26-27H,7,17-20H2,1-6H3,(H,30,33)(H,31,34)/t24?,26-,27-/m0/s1. The summed E-state index contributed by atoms with van der Waals surface area (Å²) in [5, 5.41) is 6.06. The first-order valence-corrected chi connectivity index (χ1v) is 12.7. The van der Waals surface area contributed by atoms with Crippen molar-refractivity contribution in [3.05, 3.63) is 65.7 Å². The van der Waals surface area contributed by atoms with Crippen molar-refractivity contribution in [2.45, 2.75) is 64.8 Å². The summed E-state index contributed by atoms with van der Waals surface area (Å²) in [6.07, 6.45) is 1.82. The summed E-state index contributed by atoms with van der Waals surface area (Å²) in [5.41, 5.74) is 2.03. The number of hydrogen-bond acceptors (Lipinski definition) is 5. The Kier molecular flexibility index (Phi) is 12.4. The molecule has 0 fully saturated rings. The van der Waals surface area contributed by atoms with E-state index in [4.69, 9.17) is 9.47 Å². The molecule has 0 aliphatic heterocycles. The predicted octanol–water partition coefficient (Wildman–Crippen LogP) is 3.81. The first kappa shape index (κ1) is 29.3. The molecule has 2 aromatic rings. The van der Waals surface area contributed by atoms with E-state index < -0.39 is 6.04 Å². The Morgan fingerprint density at radius 1 is 0.917 bits per heavy atom. The Hall–Kier alpha value is -2.90. The fourth-order valence-corrected chi connectivity index (χ4v) is 3.94. The molecule has 0 saturated heterocycles. The second-order valence-electron chi connectivity index (χ2n) is 9.86. The number of methoxy groups -OCH3 is 1. The zero-order valence-corrected chi connectivity index (χ0v) is 22.6. The van der Waals surface area contributed by atoms with Gasteiger partial charge in [0.2, 0.25) is 11.8 Å².